The number of hydrogen-bond donors (Lipinski definition) is 1. The van der Waals surface area contributed by atoms with Crippen LogP contribution in [0.5, 0.6) is 0 Å². The molecule has 1 aromatic heterocycles. The van der Waals surface area contributed by atoms with Crippen molar-refractivity contribution in [1.82, 2.24) is 9.55 Å². The van der Waals surface area contributed by atoms with E-state index in [9.17, 15) is 13.2 Å². The summed E-state index contributed by atoms with van der Waals surface area (Å²) in [6, 6.07) is 0. The van der Waals surface area contributed by atoms with Crippen LogP contribution in [0.4, 0.5) is 0 Å². The van der Waals surface area contributed by atoms with Crippen LogP contribution in [0.3, 0.4) is 0 Å². The molecule has 7 heteroatoms. The molecule has 0 spiro atoms. The minimum atomic E-state index is -3.18. The number of carbonyl (C=O) groups is 1. The lowest BCUT2D eigenvalue weighted by atomic mass is 10.5. The van der Waals surface area contributed by atoms with Crippen molar-refractivity contribution in [2.75, 3.05) is 5.75 Å². The second-order valence-corrected chi connectivity index (χ2v) is 5.45. The highest BCUT2D eigenvalue weighted by molar-refractivity contribution is 7.90. The standard InChI is InChI=1S/C8H12N2O4S/c1-3-15(13,14)5-7-9-4-6(8(11)12)10(7)2/h4H,3,5H2,1-2H3,(H,11,12). The lowest BCUT2D eigenvalue weighted by Gasteiger charge is -2.02. The average Bonchev–Trinajstić information content (AvgIpc) is 2.48. The van der Waals surface area contributed by atoms with Crippen molar-refractivity contribution in [2.24, 2.45) is 7.05 Å². The van der Waals surface area contributed by atoms with Gasteiger partial charge in [0.1, 0.15) is 17.3 Å². The van der Waals surface area contributed by atoms with Crippen LogP contribution in [0.25, 0.3) is 0 Å². The monoisotopic (exact) mass is 232 g/mol. The van der Waals surface area contributed by atoms with E-state index >= 15 is 0 Å². The topological polar surface area (TPSA) is 89.3 Å². The van der Waals surface area contributed by atoms with Crippen molar-refractivity contribution in [3.05, 3.63) is 17.7 Å². The molecular weight excluding hydrogens is 220 g/mol. The Labute approximate surface area is 87.5 Å². The molecule has 1 N–H and O–H groups in total. The first-order valence-corrected chi connectivity index (χ1v) is 6.14. The SMILES string of the molecule is CCS(=O)(=O)Cc1ncc(C(=O)O)n1C. The van der Waals surface area contributed by atoms with Crippen LogP contribution >= 0.6 is 0 Å². The highest BCUT2D eigenvalue weighted by Crippen LogP contribution is 2.07. The van der Waals surface area contributed by atoms with Crippen molar-refractivity contribution in [2.45, 2.75) is 12.7 Å². The Hall–Kier alpha value is -1.37. The number of carboxylic acids is 1. The smallest absolute Gasteiger partial charge is 0.354 e. The van der Waals surface area contributed by atoms with E-state index in [1.54, 1.807) is 0 Å². The van der Waals surface area contributed by atoms with Gasteiger partial charge in [0.05, 0.1) is 6.20 Å². The summed E-state index contributed by atoms with van der Waals surface area (Å²) >= 11 is 0. The maximum atomic E-state index is 11.3. The Bertz CT molecular complexity index is 475. The quantitative estimate of drug-likeness (QED) is 0.792. The Morgan fingerprint density at radius 1 is 1.60 bits per heavy atom. The fourth-order valence-corrected chi connectivity index (χ4v) is 1.95. The van der Waals surface area contributed by atoms with Gasteiger partial charge in [-0.25, -0.2) is 18.2 Å². The van der Waals surface area contributed by atoms with Crippen LogP contribution in [0, 0.1) is 0 Å². The number of imidazole rings is 1. The number of carboxylic acid groups (broad SMARTS) is 1. The predicted molar refractivity (Wildman–Crippen MR) is 53.3 cm³/mol. The fraction of sp³-hybridized carbons (Fsp3) is 0.500. The van der Waals surface area contributed by atoms with Crippen molar-refractivity contribution in [3.63, 3.8) is 0 Å². The highest BCUT2D eigenvalue weighted by Gasteiger charge is 2.17. The van der Waals surface area contributed by atoms with Crippen molar-refractivity contribution >= 4 is 15.8 Å². The minimum absolute atomic E-state index is 0.0161. The number of sulfone groups is 1. The summed E-state index contributed by atoms with van der Waals surface area (Å²) in [4.78, 5) is 14.4. The maximum absolute atomic E-state index is 11.3. The normalized spacial score (nSPS) is 11.6. The fourth-order valence-electron chi connectivity index (χ4n) is 1.08. The van der Waals surface area contributed by atoms with Gasteiger partial charge in [0.15, 0.2) is 9.84 Å². The third-order valence-electron chi connectivity index (χ3n) is 2.09. The number of aromatic carboxylic acids is 1. The van der Waals surface area contributed by atoms with Gasteiger partial charge < -0.3 is 9.67 Å². The molecule has 0 bridgehead atoms. The number of hydrogen-bond acceptors (Lipinski definition) is 4. The first kappa shape index (κ1) is 11.7. The summed E-state index contributed by atoms with van der Waals surface area (Å²) < 4.78 is 23.9. The molecule has 1 rings (SSSR count). The van der Waals surface area contributed by atoms with Crippen LogP contribution in [-0.4, -0.2) is 34.8 Å². The van der Waals surface area contributed by atoms with E-state index in [0.29, 0.717) is 0 Å². The Kier molecular flexibility index (Phi) is 3.13. The first-order chi connectivity index (χ1) is 6.87. The Balaban J connectivity index is 3.04. The second-order valence-electron chi connectivity index (χ2n) is 3.10. The van der Waals surface area contributed by atoms with Gasteiger partial charge in [-0.2, -0.15) is 0 Å². The van der Waals surface area contributed by atoms with Gasteiger partial charge in [0.2, 0.25) is 0 Å². The molecular formula is C8H12N2O4S. The summed E-state index contributed by atoms with van der Waals surface area (Å²) in [5, 5.41) is 8.72. The average molecular weight is 232 g/mol. The van der Waals surface area contributed by atoms with Crippen LogP contribution < -0.4 is 0 Å². The minimum Gasteiger partial charge on any atom is -0.477 e. The molecule has 0 aliphatic rings. The van der Waals surface area contributed by atoms with Gasteiger partial charge >= 0.3 is 5.97 Å². The van der Waals surface area contributed by atoms with Gasteiger partial charge in [-0.15, -0.1) is 0 Å². The number of aromatic nitrogens is 2. The number of rotatable bonds is 4. The molecule has 15 heavy (non-hydrogen) atoms. The second kappa shape index (κ2) is 4.01. The predicted octanol–water partition coefficient (Wildman–Crippen LogP) is 0.0530. The summed E-state index contributed by atoms with van der Waals surface area (Å²) in [7, 11) is -1.70. The lowest BCUT2D eigenvalue weighted by Crippen LogP contribution is -2.13. The summed E-state index contributed by atoms with van der Waals surface area (Å²) in [6.45, 7) is 1.54. The molecule has 0 saturated heterocycles. The van der Waals surface area contributed by atoms with Gasteiger partial charge in [0.25, 0.3) is 0 Å². The summed E-state index contributed by atoms with van der Waals surface area (Å²) in [5.41, 5.74) is -0.0173. The molecule has 0 amide bonds. The molecule has 0 aliphatic heterocycles. The van der Waals surface area contributed by atoms with E-state index in [-0.39, 0.29) is 23.0 Å². The first-order valence-electron chi connectivity index (χ1n) is 4.31. The molecule has 84 valence electrons. The molecule has 0 radical (unpaired) electrons. The molecule has 0 atom stereocenters. The zero-order valence-electron chi connectivity index (χ0n) is 8.47. The molecule has 1 aromatic rings. The van der Waals surface area contributed by atoms with Gasteiger partial charge in [-0.05, 0) is 0 Å². The Morgan fingerprint density at radius 2 is 2.20 bits per heavy atom. The van der Waals surface area contributed by atoms with Crippen molar-refractivity contribution in [3.8, 4) is 0 Å². The molecule has 1 heterocycles. The highest BCUT2D eigenvalue weighted by atomic mass is 32.2. The molecule has 0 fully saturated rings. The van der Waals surface area contributed by atoms with Crippen molar-refractivity contribution in [1.29, 1.82) is 0 Å². The molecule has 0 aliphatic carbocycles. The van der Waals surface area contributed by atoms with Gasteiger partial charge in [-0.1, -0.05) is 6.92 Å². The maximum Gasteiger partial charge on any atom is 0.354 e. The third kappa shape index (κ3) is 2.56. The van der Waals surface area contributed by atoms with E-state index in [1.165, 1.54) is 18.5 Å². The van der Waals surface area contributed by atoms with Crippen LogP contribution in [-0.2, 0) is 22.6 Å². The molecule has 0 unspecified atom stereocenters. The summed E-state index contributed by atoms with van der Waals surface area (Å²) in [5.74, 6) is -1.09. The van der Waals surface area contributed by atoms with E-state index in [0.717, 1.165) is 6.20 Å². The van der Waals surface area contributed by atoms with Gasteiger partial charge in [-0.3, -0.25) is 0 Å². The molecule has 0 aromatic carbocycles. The molecule has 6 nitrogen and oxygen atoms in total. The lowest BCUT2D eigenvalue weighted by molar-refractivity contribution is 0.0686. The van der Waals surface area contributed by atoms with Crippen LogP contribution in [0.2, 0.25) is 0 Å². The largest absolute Gasteiger partial charge is 0.477 e. The van der Waals surface area contributed by atoms with E-state index in [2.05, 4.69) is 4.98 Å². The zero-order valence-corrected chi connectivity index (χ0v) is 9.28. The van der Waals surface area contributed by atoms with E-state index < -0.39 is 15.8 Å². The van der Waals surface area contributed by atoms with Crippen molar-refractivity contribution < 1.29 is 18.3 Å². The van der Waals surface area contributed by atoms with Crippen LogP contribution in [0.15, 0.2) is 6.20 Å². The van der Waals surface area contributed by atoms with Crippen LogP contribution in [0.1, 0.15) is 23.2 Å². The number of nitrogens with zero attached hydrogens (tertiary/aromatic N) is 2. The zero-order chi connectivity index (χ0) is 11.6. The molecule has 0 saturated carbocycles. The summed E-state index contributed by atoms with van der Waals surface area (Å²) in [6.07, 6.45) is 1.16. The Morgan fingerprint density at radius 3 is 2.60 bits per heavy atom. The van der Waals surface area contributed by atoms with Gasteiger partial charge in [0, 0.05) is 12.8 Å². The van der Waals surface area contributed by atoms with E-state index in [1.807, 2.05) is 0 Å². The van der Waals surface area contributed by atoms with E-state index in [4.69, 9.17) is 5.11 Å². The third-order valence-corrected chi connectivity index (χ3v) is 3.67.